The molecule has 154 valence electrons. The third-order valence-corrected chi connectivity index (χ3v) is 6.31. The molecule has 0 aliphatic heterocycles. The zero-order chi connectivity index (χ0) is 20.8. The average Bonchev–Trinajstić information content (AvgIpc) is 2.82. The molecule has 1 aliphatic rings. The zero-order valence-corrected chi connectivity index (χ0v) is 17.8. The molecule has 1 amide bonds. The van der Waals surface area contributed by atoms with Crippen LogP contribution in [0.1, 0.15) is 72.4 Å². The van der Waals surface area contributed by atoms with Gasteiger partial charge in [-0.3, -0.25) is 4.79 Å². The van der Waals surface area contributed by atoms with E-state index in [0.717, 1.165) is 12.8 Å². The maximum absolute atomic E-state index is 13.1. The Morgan fingerprint density at radius 1 is 0.800 bits per heavy atom. The molecule has 1 aliphatic carbocycles. The van der Waals surface area contributed by atoms with Crippen molar-refractivity contribution in [3.8, 4) is 0 Å². The van der Waals surface area contributed by atoms with Crippen LogP contribution < -0.4 is 5.32 Å². The highest BCUT2D eigenvalue weighted by Crippen LogP contribution is 2.29. The van der Waals surface area contributed by atoms with Gasteiger partial charge in [-0.15, -0.1) is 0 Å². The number of rotatable bonds is 7. The maximum atomic E-state index is 13.1. The van der Waals surface area contributed by atoms with Crippen LogP contribution in [0, 0.1) is 0 Å². The molecule has 1 N–H and O–H groups in total. The lowest BCUT2D eigenvalue weighted by atomic mass is 9.87. The fraction of sp³-hybridized carbons (Fsp3) is 0.321. The second-order valence-electron chi connectivity index (χ2n) is 8.34. The van der Waals surface area contributed by atoms with Crippen molar-refractivity contribution in [3.05, 3.63) is 107 Å². The lowest BCUT2D eigenvalue weighted by molar-refractivity contribution is -0.122. The molecular formula is C28H31NO. The van der Waals surface area contributed by atoms with Crippen LogP contribution in [-0.2, 0) is 17.6 Å². The van der Waals surface area contributed by atoms with Gasteiger partial charge in [-0.05, 0) is 59.9 Å². The second-order valence-corrected chi connectivity index (χ2v) is 8.34. The van der Waals surface area contributed by atoms with Crippen molar-refractivity contribution in [1.82, 2.24) is 5.32 Å². The van der Waals surface area contributed by atoms with Crippen molar-refractivity contribution in [2.75, 3.05) is 0 Å². The Hall–Kier alpha value is -2.87. The smallest absolute Gasteiger partial charge is 0.221 e. The number of carbonyl (C=O) groups is 1. The van der Waals surface area contributed by atoms with E-state index < -0.39 is 0 Å². The summed E-state index contributed by atoms with van der Waals surface area (Å²) < 4.78 is 0. The molecule has 2 nitrogen and oxygen atoms in total. The number of hydrogen-bond acceptors (Lipinski definition) is 1. The summed E-state index contributed by atoms with van der Waals surface area (Å²) in [6, 6.07) is 27.6. The summed E-state index contributed by atoms with van der Waals surface area (Å²) >= 11 is 0. The molecule has 3 aromatic carbocycles. The van der Waals surface area contributed by atoms with Crippen LogP contribution in [0.15, 0.2) is 78.9 Å². The Labute approximate surface area is 180 Å². The number of benzene rings is 3. The number of amides is 1. The van der Waals surface area contributed by atoms with Gasteiger partial charge >= 0.3 is 0 Å². The molecule has 0 heterocycles. The van der Waals surface area contributed by atoms with Crippen LogP contribution in [0.3, 0.4) is 0 Å². The van der Waals surface area contributed by atoms with E-state index in [9.17, 15) is 4.79 Å². The van der Waals surface area contributed by atoms with Gasteiger partial charge in [0.15, 0.2) is 0 Å². The van der Waals surface area contributed by atoms with E-state index >= 15 is 0 Å². The molecule has 30 heavy (non-hydrogen) atoms. The Balaban J connectivity index is 1.51. The van der Waals surface area contributed by atoms with Crippen molar-refractivity contribution in [2.24, 2.45) is 0 Å². The van der Waals surface area contributed by atoms with Crippen LogP contribution >= 0.6 is 0 Å². The zero-order valence-electron chi connectivity index (χ0n) is 17.8. The Bertz CT molecular complexity index is 925. The Kier molecular flexibility index (Phi) is 6.63. The quantitative estimate of drug-likeness (QED) is 0.494. The van der Waals surface area contributed by atoms with E-state index in [2.05, 4.69) is 54.7 Å². The lowest BCUT2D eigenvalue weighted by Crippen LogP contribution is -2.29. The van der Waals surface area contributed by atoms with Crippen molar-refractivity contribution < 1.29 is 4.79 Å². The predicted molar refractivity (Wildman–Crippen MR) is 124 cm³/mol. The van der Waals surface area contributed by atoms with E-state index in [1.165, 1.54) is 47.1 Å². The van der Waals surface area contributed by atoms with Crippen molar-refractivity contribution in [2.45, 2.75) is 57.4 Å². The summed E-state index contributed by atoms with van der Waals surface area (Å²) in [5.41, 5.74) is 6.56. The van der Waals surface area contributed by atoms with Crippen molar-refractivity contribution in [3.63, 3.8) is 0 Å². The van der Waals surface area contributed by atoms with E-state index in [1.807, 2.05) is 36.4 Å². The molecule has 3 aromatic rings. The topological polar surface area (TPSA) is 29.1 Å². The van der Waals surface area contributed by atoms with Gasteiger partial charge in [0, 0.05) is 12.3 Å². The summed E-state index contributed by atoms with van der Waals surface area (Å²) in [6.45, 7) is 2.15. The first-order chi connectivity index (χ1) is 14.7. The molecule has 1 atom stereocenters. The van der Waals surface area contributed by atoms with Gasteiger partial charge in [-0.1, -0.05) is 85.8 Å². The summed E-state index contributed by atoms with van der Waals surface area (Å²) in [5, 5.41) is 3.32. The van der Waals surface area contributed by atoms with E-state index in [0.29, 0.717) is 6.42 Å². The summed E-state index contributed by atoms with van der Waals surface area (Å²) in [7, 11) is 0. The number of hydrogen-bond donors (Lipinski definition) is 1. The molecule has 0 saturated heterocycles. The van der Waals surface area contributed by atoms with Gasteiger partial charge < -0.3 is 5.32 Å². The first kappa shape index (κ1) is 20.4. The van der Waals surface area contributed by atoms with Crippen LogP contribution in [0.5, 0.6) is 0 Å². The standard InChI is InChI=1S/C28H31NO/c1-2-27(25-18-17-21-11-9-10-16-24(21)19-25)29-28(30)20-26(22-12-5-3-6-13-22)23-14-7-4-8-15-23/h3-8,12-15,17-19,26-27H,2,9-11,16,20H2,1H3,(H,29,30)/t27-/m0/s1. The lowest BCUT2D eigenvalue weighted by Gasteiger charge is -2.23. The second kappa shape index (κ2) is 9.75. The minimum Gasteiger partial charge on any atom is -0.349 e. The third kappa shape index (κ3) is 4.81. The van der Waals surface area contributed by atoms with Crippen LogP contribution in [0.25, 0.3) is 0 Å². The number of fused-ring (bicyclic) bond motifs is 1. The largest absolute Gasteiger partial charge is 0.349 e. The normalized spacial score (nSPS) is 14.2. The number of carbonyl (C=O) groups excluding carboxylic acids is 1. The summed E-state index contributed by atoms with van der Waals surface area (Å²) in [5.74, 6) is 0.172. The third-order valence-electron chi connectivity index (χ3n) is 6.31. The van der Waals surface area contributed by atoms with Crippen LogP contribution in [0.4, 0.5) is 0 Å². The highest BCUT2D eigenvalue weighted by Gasteiger charge is 2.21. The number of aryl methyl sites for hydroxylation is 2. The van der Waals surface area contributed by atoms with Gasteiger partial charge in [-0.25, -0.2) is 0 Å². The van der Waals surface area contributed by atoms with Crippen molar-refractivity contribution >= 4 is 5.91 Å². The Morgan fingerprint density at radius 2 is 1.40 bits per heavy atom. The summed E-state index contributed by atoms with van der Waals surface area (Å²) in [4.78, 5) is 13.1. The first-order valence-electron chi connectivity index (χ1n) is 11.3. The molecule has 0 fully saturated rings. The molecule has 4 rings (SSSR count). The van der Waals surface area contributed by atoms with Gasteiger partial charge in [-0.2, -0.15) is 0 Å². The van der Waals surface area contributed by atoms with Gasteiger partial charge in [0.05, 0.1) is 6.04 Å². The highest BCUT2D eigenvalue weighted by molar-refractivity contribution is 5.78. The van der Waals surface area contributed by atoms with E-state index in [1.54, 1.807) is 0 Å². The van der Waals surface area contributed by atoms with Crippen molar-refractivity contribution in [1.29, 1.82) is 0 Å². The fourth-order valence-corrected chi connectivity index (χ4v) is 4.63. The van der Waals surface area contributed by atoms with Gasteiger partial charge in [0.1, 0.15) is 0 Å². The maximum Gasteiger partial charge on any atom is 0.221 e. The Morgan fingerprint density at radius 3 is 2.00 bits per heavy atom. The minimum atomic E-state index is 0.0634. The van der Waals surface area contributed by atoms with Crippen LogP contribution in [0.2, 0.25) is 0 Å². The molecule has 0 unspecified atom stereocenters. The highest BCUT2D eigenvalue weighted by atomic mass is 16.1. The molecule has 0 aromatic heterocycles. The first-order valence-corrected chi connectivity index (χ1v) is 11.3. The average molecular weight is 398 g/mol. The van der Waals surface area contributed by atoms with Gasteiger partial charge in [0.2, 0.25) is 5.91 Å². The monoisotopic (exact) mass is 397 g/mol. The van der Waals surface area contributed by atoms with Crippen LogP contribution in [-0.4, -0.2) is 5.91 Å². The van der Waals surface area contributed by atoms with Gasteiger partial charge in [0.25, 0.3) is 0 Å². The molecule has 0 saturated carbocycles. The predicted octanol–water partition coefficient (Wildman–Crippen LogP) is 6.35. The summed E-state index contributed by atoms with van der Waals surface area (Å²) in [6.07, 6.45) is 6.27. The molecule has 2 heteroatoms. The molecule has 0 spiro atoms. The van der Waals surface area contributed by atoms with E-state index in [-0.39, 0.29) is 17.9 Å². The SMILES string of the molecule is CC[C@H](NC(=O)CC(c1ccccc1)c1ccccc1)c1ccc2c(c1)CCCC2. The minimum absolute atomic E-state index is 0.0634. The molecular weight excluding hydrogens is 366 g/mol. The van der Waals surface area contributed by atoms with E-state index in [4.69, 9.17) is 0 Å². The fourth-order valence-electron chi connectivity index (χ4n) is 4.63. The molecule has 0 bridgehead atoms. The molecule has 0 radical (unpaired) electrons. The number of nitrogens with one attached hydrogen (secondary N) is 1.